The minimum absolute atomic E-state index is 0.0658. The number of amides is 1. The van der Waals surface area contributed by atoms with Crippen molar-refractivity contribution in [3.8, 4) is 5.75 Å². The van der Waals surface area contributed by atoms with Crippen molar-refractivity contribution >= 4 is 5.91 Å². The van der Waals surface area contributed by atoms with Crippen molar-refractivity contribution < 1.29 is 9.53 Å². The fourth-order valence-electron chi connectivity index (χ4n) is 2.84. The Labute approximate surface area is 157 Å². The molecule has 0 saturated carbocycles. The molecule has 0 spiro atoms. The van der Waals surface area contributed by atoms with Crippen LogP contribution in [0, 0.1) is 0 Å². The largest absolute Gasteiger partial charge is 0.481 e. The zero-order valence-corrected chi connectivity index (χ0v) is 16.8. The van der Waals surface area contributed by atoms with E-state index in [1.165, 1.54) is 5.56 Å². The monoisotopic (exact) mass is 353 g/mol. The summed E-state index contributed by atoms with van der Waals surface area (Å²) in [5.74, 6) is 0.670. The van der Waals surface area contributed by atoms with E-state index in [9.17, 15) is 4.79 Å². The van der Waals surface area contributed by atoms with Gasteiger partial charge in [-0.3, -0.25) is 4.79 Å². The van der Waals surface area contributed by atoms with E-state index < -0.39 is 6.10 Å². The lowest BCUT2D eigenvalue weighted by Gasteiger charge is -2.22. The Hall–Kier alpha value is -2.29. The third-order valence-corrected chi connectivity index (χ3v) is 4.66. The number of carbonyl (C=O) groups excluding carboxylic acids is 1. The van der Waals surface area contributed by atoms with E-state index in [4.69, 9.17) is 4.74 Å². The SMILES string of the molecule is CCc1ccccc1O[C@@H](C)C(=O)N[C@H](C)c1ccc(C(C)(C)C)cc1. The molecule has 0 radical (unpaired) electrons. The predicted octanol–water partition coefficient (Wildman–Crippen LogP) is 5.19. The molecule has 3 nitrogen and oxygen atoms in total. The highest BCUT2D eigenvalue weighted by molar-refractivity contribution is 5.81. The first-order chi connectivity index (χ1) is 12.2. The van der Waals surface area contributed by atoms with Crippen LogP contribution in [0.1, 0.15) is 64.3 Å². The Bertz CT molecular complexity index is 729. The third-order valence-electron chi connectivity index (χ3n) is 4.66. The molecule has 2 rings (SSSR count). The minimum Gasteiger partial charge on any atom is -0.481 e. The van der Waals surface area contributed by atoms with E-state index in [1.54, 1.807) is 6.92 Å². The second-order valence-electron chi connectivity index (χ2n) is 7.82. The number of rotatable bonds is 6. The van der Waals surface area contributed by atoms with Crippen LogP contribution in [0.15, 0.2) is 48.5 Å². The molecule has 2 aromatic carbocycles. The molecule has 0 saturated heterocycles. The summed E-state index contributed by atoms with van der Waals surface area (Å²) in [6, 6.07) is 16.2. The van der Waals surface area contributed by atoms with Crippen molar-refractivity contribution in [3.05, 3.63) is 65.2 Å². The Morgan fingerprint density at radius 3 is 2.23 bits per heavy atom. The summed E-state index contributed by atoms with van der Waals surface area (Å²) in [5, 5.41) is 3.05. The number of hydrogen-bond acceptors (Lipinski definition) is 2. The summed E-state index contributed by atoms with van der Waals surface area (Å²) in [6.07, 6.45) is 0.333. The maximum Gasteiger partial charge on any atom is 0.261 e. The van der Waals surface area contributed by atoms with Crippen LogP contribution in [0.4, 0.5) is 0 Å². The van der Waals surface area contributed by atoms with Gasteiger partial charge in [-0.15, -0.1) is 0 Å². The van der Waals surface area contributed by atoms with Crippen molar-refractivity contribution in [1.29, 1.82) is 0 Å². The fourth-order valence-corrected chi connectivity index (χ4v) is 2.84. The second kappa shape index (κ2) is 8.39. The van der Waals surface area contributed by atoms with Crippen molar-refractivity contribution in [2.24, 2.45) is 0 Å². The molecule has 0 heterocycles. The lowest BCUT2D eigenvalue weighted by molar-refractivity contribution is -0.127. The highest BCUT2D eigenvalue weighted by atomic mass is 16.5. The highest BCUT2D eigenvalue weighted by Crippen LogP contribution is 2.24. The zero-order valence-electron chi connectivity index (χ0n) is 16.8. The summed E-state index contributed by atoms with van der Waals surface area (Å²) >= 11 is 0. The average molecular weight is 354 g/mol. The molecular formula is C23H31NO2. The molecule has 1 amide bonds. The van der Waals surface area contributed by atoms with Gasteiger partial charge in [0.1, 0.15) is 5.75 Å². The fraction of sp³-hybridized carbons (Fsp3) is 0.435. The Morgan fingerprint density at radius 2 is 1.65 bits per heavy atom. The number of nitrogens with one attached hydrogen (secondary N) is 1. The van der Waals surface area contributed by atoms with Crippen LogP contribution in [0.2, 0.25) is 0 Å². The first-order valence-electron chi connectivity index (χ1n) is 9.37. The molecule has 0 fully saturated rings. The van der Waals surface area contributed by atoms with Gasteiger partial charge in [0.05, 0.1) is 6.04 Å². The lowest BCUT2D eigenvalue weighted by atomic mass is 9.86. The van der Waals surface area contributed by atoms with Crippen LogP contribution in [0.5, 0.6) is 5.75 Å². The summed E-state index contributed by atoms with van der Waals surface area (Å²) in [6.45, 7) is 12.4. The molecule has 0 aliphatic carbocycles. The second-order valence-corrected chi connectivity index (χ2v) is 7.82. The first kappa shape index (κ1) is 20.0. The van der Waals surface area contributed by atoms with Crippen molar-refractivity contribution in [2.75, 3.05) is 0 Å². The molecule has 3 heteroatoms. The van der Waals surface area contributed by atoms with Gasteiger partial charge in [0.15, 0.2) is 6.10 Å². The Morgan fingerprint density at radius 1 is 1.04 bits per heavy atom. The molecular weight excluding hydrogens is 322 g/mol. The van der Waals surface area contributed by atoms with Crippen molar-refractivity contribution in [2.45, 2.75) is 65.5 Å². The number of carbonyl (C=O) groups is 1. The molecule has 140 valence electrons. The smallest absolute Gasteiger partial charge is 0.261 e. The average Bonchev–Trinajstić information content (AvgIpc) is 2.61. The maximum atomic E-state index is 12.5. The standard InChI is InChI=1S/C23H31NO2/c1-7-18-10-8-9-11-21(18)26-17(3)22(25)24-16(2)19-12-14-20(15-13-19)23(4,5)6/h8-17H,7H2,1-6H3,(H,24,25)/t16-,17+/m1/s1. The summed E-state index contributed by atoms with van der Waals surface area (Å²) in [4.78, 5) is 12.5. The molecule has 0 unspecified atom stereocenters. The first-order valence-corrected chi connectivity index (χ1v) is 9.37. The van der Waals surface area contributed by atoms with Gasteiger partial charge >= 0.3 is 0 Å². The van der Waals surface area contributed by atoms with Gasteiger partial charge in [0.2, 0.25) is 0 Å². The van der Waals surface area contributed by atoms with Crippen LogP contribution in [-0.4, -0.2) is 12.0 Å². The predicted molar refractivity (Wildman–Crippen MR) is 108 cm³/mol. The summed E-state index contributed by atoms with van der Waals surface area (Å²) in [7, 11) is 0. The van der Waals surface area contributed by atoms with Gasteiger partial charge in [-0.25, -0.2) is 0 Å². The van der Waals surface area contributed by atoms with E-state index in [1.807, 2.05) is 31.2 Å². The number of ether oxygens (including phenoxy) is 1. The van der Waals surface area contributed by atoms with Gasteiger partial charge in [-0.05, 0) is 48.4 Å². The maximum absolute atomic E-state index is 12.5. The lowest BCUT2D eigenvalue weighted by Crippen LogP contribution is -2.37. The quantitative estimate of drug-likeness (QED) is 0.776. The molecule has 2 aromatic rings. The molecule has 0 aliphatic rings. The van der Waals surface area contributed by atoms with E-state index in [0.29, 0.717) is 0 Å². The normalized spacial score (nSPS) is 13.8. The topological polar surface area (TPSA) is 38.3 Å². The number of hydrogen-bond donors (Lipinski definition) is 1. The number of aryl methyl sites for hydroxylation is 1. The Kier molecular flexibility index (Phi) is 6.47. The molecule has 2 atom stereocenters. The van der Waals surface area contributed by atoms with Crippen molar-refractivity contribution in [3.63, 3.8) is 0 Å². The van der Waals surface area contributed by atoms with E-state index in [2.05, 4.69) is 57.3 Å². The van der Waals surface area contributed by atoms with Gasteiger partial charge < -0.3 is 10.1 Å². The molecule has 0 bridgehead atoms. The van der Waals surface area contributed by atoms with Gasteiger partial charge in [-0.1, -0.05) is 70.2 Å². The molecule has 1 N–H and O–H groups in total. The summed E-state index contributed by atoms with van der Waals surface area (Å²) < 4.78 is 5.89. The summed E-state index contributed by atoms with van der Waals surface area (Å²) in [5.41, 5.74) is 3.61. The van der Waals surface area contributed by atoms with Gasteiger partial charge in [0.25, 0.3) is 5.91 Å². The van der Waals surface area contributed by atoms with Crippen molar-refractivity contribution in [1.82, 2.24) is 5.32 Å². The Balaban J connectivity index is 1.99. The number of benzene rings is 2. The van der Waals surface area contributed by atoms with E-state index in [0.717, 1.165) is 23.3 Å². The van der Waals surface area contributed by atoms with Crippen LogP contribution < -0.4 is 10.1 Å². The molecule has 26 heavy (non-hydrogen) atoms. The van der Waals surface area contributed by atoms with Crippen LogP contribution >= 0.6 is 0 Å². The number of para-hydroxylation sites is 1. The van der Waals surface area contributed by atoms with E-state index in [-0.39, 0.29) is 17.4 Å². The molecule has 0 aromatic heterocycles. The van der Waals surface area contributed by atoms with Gasteiger partial charge in [-0.2, -0.15) is 0 Å². The van der Waals surface area contributed by atoms with E-state index >= 15 is 0 Å². The third kappa shape index (κ3) is 5.10. The van der Waals surface area contributed by atoms with Gasteiger partial charge in [0, 0.05) is 0 Å². The van der Waals surface area contributed by atoms with Crippen LogP contribution in [0.25, 0.3) is 0 Å². The molecule has 0 aliphatic heterocycles. The van der Waals surface area contributed by atoms with Crippen LogP contribution in [-0.2, 0) is 16.6 Å². The minimum atomic E-state index is -0.543. The highest BCUT2D eigenvalue weighted by Gasteiger charge is 2.19. The van der Waals surface area contributed by atoms with Crippen LogP contribution in [0.3, 0.4) is 0 Å². The zero-order chi connectivity index (χ0) is 19.3.